The van der Waals surface area contributed by atoms with Gasteiger partial charge in [0.05, 0.1) is 5.69 Å². The van der Waals surface area contributed by atoms with Gasteiger partial charge in [0.15, 0.2) is 0 Å². The fourth-order valence-corrected chi connectivity index (χ4v) is 4.55. The molecule has 1 aromatic heterocycles. The monoisotopic (exact) mass is 312 g/mol. The SMILES string of the molecule is CN1Cc2ccc3c(c2-c2ccccc21)C(C)(C)c1cccnc1-3. The molecule has 2 aromatic carbocycles. The maximum absolute atomic E-state index is 4.71. The number of aromatic nitrogens is 1. The summed E-state index contributed by atoms with van der Waals surface area (Å²) in [4.78, 5) is 7.05. The molecular formula is C22H20N2. The van der Waals surface area contributed by atoms with Gasteiger partial charge >= 0.3 is 0 Å². The molecule has 0 spiro atoms. The van der Waals surface area contributed by atoms with Gasteiger partial charge in [-0.2, -0.15) is 0 Å². The number of rotatable bonds is 0. The van der Waals surface area contributed by atoms with Gasteiger partial charge in [0.25, 0.3) is 0 Å². The highest BCUT2D eigenvalue weighted by Gasteiger charge is 2.40. The van der Waals surface area contributed by atoms with Crippen LogP contribution in [0.5, 0.6) is 0 Å². The number of para-hydroxylation sites is 1. The lowest BCUT2D eigenvalue weighted by molar-refractivity contribution is 0.658. The van der Waals surface area contributed by atoms with Crippen LogP contribution in [0, 0.1) is 0 Å². The normalized spacial score (nSPS) is 16.2. The average molecular weight is 312 g/mol. The van der Waals surface area contributed by atoms with Crippen LogP contribution >= 0.6 is 0 Å². The second-order valence-corrected chi connectivity index (χ2v) is 7.42. The number of hydrogen-bond donors (Lipinski definition) is 0. The molecule has 2 heteroatoms. The zero-order chi connectivity index (χ0) is 16.5. The number of hydrogen-bond acceptors (Lipinski definition) is 2. The zero-order valence-corrected chi connectivity index (χ0v) is 14.3. The summed E-state index contributed by atoms with van der Waals surface area (Å²) >= 11 is 0. The van der Waals surface area contributed by atoms with E-state index in [0.29, 0.717) is 0 Å². The molecule has 0 amide bonds. The summed E-state index contributed by atoms with van der Waals surface area (Å²) in [5.74, 6) is 0. The fourth-order valence-electron chi connectivity index (χ4n) is 4.55. The average Bonchev–Trinajstić information content (AvgIpc) is 2.83. The Balaban J connectivity index is 1.90. The molecule has 2 nitrogen and oxygen atoms in total. The van der Waals surface area contributed by atoms with E-state index in [4.69, 9.17) is 4.98 Å². The smallest absolute Gasteiger partial charge is 0.0746 e. The lowest BCUT2D eigenvalue weighted by atomic mass is 9.76. The summed E-state index contributed by atoms with van der Waals surface area (Å²) in [5.41, 5.74) is 10.7. The van der Waals surface area contributed by atoms with Gasteiger partial charge in [-0.1, -0.05) is 50.2 Å². The van der Waals surface area contributed by atoms with Gasteiger partial charge in [0.2, 0.25) is 0 Å². The third-order valence-corrected chi connectivity index (χ3v) is 5.64. The van der Waals surface area contributed by atoms with Crippen molar-refractivity contribution in [3.8, 4) is 22.4 Å². The highest BCUT2D eigenvalue weighted by atomic mass is 15.1. The largest absolute Gasteiger partial charge is 0.370 e. The van der Waals surface area contributed by atoms with Crippen molar-refractivity contribution >= 4 is 5.69 Å². The molecule has 5 rings (SSSR count). The molecule has 2 heterocycles. The molecule has 1 aliphatic carbocycles. The van der Waals surface area contributed by atoms with Crippen LogP contribution in [0.15, 0.2) is 54.7 Å². The second-order valence-electron chi connectivity index (χ2n) is 7.42. The summed E-state index contributed by atoms with van der Waals surface area (Å²) in [6.07, 6.45) is 1.91. The van der Waals surface area contributed by atoms with Gasteiger partial charge in [-0.3, -0.25) is 4.98 Å². The van der Waals surface area contributed by atoms with Crippen molar-refractivity contribution in [2.45, 2.75) is 25.8 Å². The molecule has 0 N–H and O–H groups in total. The minimum atomic E-state index is -0.0205. The molecule has 3 aromatic rings. The molecule has 1 aliphatic heterocycles. The Bertz CT molecular complexity index is 985. The number of benzene rings is 2. The summed E-state index contributed by atoms with van der Waals surface area (Å²) in [6.45, 7) is 5.63. The van der Waals surface area contributed by atoms with Crippen molar-refractivity contribution < 1.29 is 0 Å². The van der Waals surface area contributed by atoms with E-state index < -0.39 is 0 Å². The van der Waals surface area contributed by atoms with Crippen molar-refractivity contribution in [1.82, 2.24) is 4.98 Å². The Hall–Kier alpha value is -2.61. The van der Waals surface area contributed by atoms with E-state index in [-0.39, 0.29) is 5.41 Å². The van der Waals surface area contributed by atoms with Gasteiger partial charge in [-0.25, -0.2) is 0 Å². The molecule has 0 unspecified atom stereocenters. The van der Waals surface area contributed by atoms with Crippen LogP contribution in [0.25, 0.3) is 22.4 Å². The molecule has 0 bridgehead atoms. The molecule has 0 saturated carbocycles. The van der Waals surface area contributed by atoms with Gasteiger partial charge in [-0.15, -0.1) is 0 Å². The molecule has 2 aliphatic rings. The summed E-state index contributed by atoms with van der Waals surface area (Å²) in [5, 5.41) is 0. The van der Waals surface area contributed by atoms with Crippen molar-refractivity contribution in [2.24, 2.45) is 0 Å². The lowest BCUT2D eigenvalue weighted by Gasteiger charge is -2.34. The fraction of sp³-hybridized carbons (Fsp3) is 0.227. The van der Waals surface area contributed by atoms with E-state index in [9.17, 15) is 0 Å². The third kappa shape index (κ3) is 1.58. The predicted molar refractivity (Wildman–Crippen MR) is 99.3 cm³/mol. The van der Waals surface area contributed by atoms with Crippen LogP contribution in [0.3, 0.4) is 0 Å². The Morgan fingerprint density at radius 2 is 1.79 bits per heavy atom. The van der Waals surface area contributed by atoms with Crippen molar-refractivity contribution in [2.75, 3.05) is 11.9 Å². The van der Waals surface area contributed by atoms with Gasteiger partial charge in [0.1, 0.15) is 0 Å². The third-order valence-electron chi connectivity index (χ3n) is 5.64. The first-order valence-electron chi connectivity index (χ1n) is 8.52. The number of anilines is 1. The number of pyridine rings is 1. The van der Waals surface area contributed by atoms with Crippen LogP contribution in [-0.4, -0.2) is 12.0 Å². The minimum Gasteiger partial charge on any atom is -0.370 e. The Morgan fingerprint density at radius 3 is 2.67 bits per heavy atom. The van der Waals surface area contributed by atoms with E-state index in [1.807, 2.05) is 6.20 Å². The topological polar surface area (TPSA) is 16.1 Å². The Morgan fingerprint density at radius 1 is 0.958 bits per heavy atom. The van der Waals surface area contributed by atoms with Crippen LogP contribution in [0.4, 0.5) is 5.69 Å². The van der Waals surface area contributed by atoms with Gasteiger partial charge in [0, 0.05) is 42.0 Å². The lowest BCUT2D eigenvalue weighted by Crippen LogP contribution is -2.24. The highest BCUT2D eigenvalue weighted by molar-refractivity contribution is 5.93. The van der Waals surface area contributed by atoms with E-state index in [0.717, 1.165) is 12.2 Å². The highest BCUT2D eigenvalue weighted by Crippen LogP contribution is 2.54. The zero-order valence-electron chi connectivity index (χ0n) is 14.3. The first kappa shape index (κ1) is 13.8. The standard InChI is InChI=1S/C22H20N2/c1-22(2)17-8-6-12-23-21(17)16-11-10-14-13-24(3)18-9-5-4-7-15(18)19(14)20(16)22/h4-12H,13H2,1-3H3. The van der Waals surface area contributed by atoms with Crippen LogP contribution < -0.4 is 4.90 Å². The number of fused-ring (bicyclic) bond motifs is 7. The van der Waals surface area contributed by atoms with E-state index in [1.54, 1.807) is 0 Å². The van der Waals surface area contributed by atoms with Gasteiger partial charge < -0.3 is 4.90 Å². The molecule has 0 fully saturated rings. The molecule has 0 atom stereocenters. The van der Waals surface area contributed by atoms with E-state index >= 15 is 0 Å². The maximum Gasteiger partial charge on any atom is 0.0746 e. The van der Waals surface area contributed by atoms with Crippen molar-refractivity contribution in [1.29, 1.82) is 0 Å². The summed E-state index contributed by atoms with van der Waals surface area (Å²) in [6, 6.07) is 17.6. The van der Waals surface area contributed by atoms with Crippen LogP contribution in [0.2, 0.25) is 0 Å². The van der Waals surface area contributed by atoms with E-state index in [1.165, 1.54) is 39.1 Å². The quantitative estimate of drug-likeness (QED) is 0.580. The molecule has 24 heavy (non-hydrogen) atoms. The predicted octanol–water partition coefficient (Wildman–Crippen LogP) is 5.00. The second kappa shape index (κ2) is 4.47. The summed E-state index contributed by atoms with van der Waals surface area (Å²) < 4.78 is 0. The molecule has 0 radical (unpaired) electrons. The first-order valence-corrected chi connectivity index (χ1v) is 8.52. The molecule has 0 saturated heterocycles. The first-order chi connectivity index (χ1) is 11.6. The van der Waals surface area contributed by atoms with E-state index in [2.05, 4.69) is 74.3 Å². The Labute approximate surface area is 142 Å². The minimum absolute atomic E-state index is 0.0205. The van der Waals surface area contributed by atoms with Gasteiger partial charge in [-0.05, 0) is 34.4 Å². The Kier molecular flexibility index (Phi) is 2.57. The molecular weight excluding hydrogens is 292 g/mol. The number of nitrogens with zero attached hydrogens (tertiary/aromatic N) is 2. The van der Waals surface area contributed by atoms with Crippen LogP contribution in [-0.2, 0) is 12.0 Å². The maximum atomic E-state index is 4.71. The van der Waals surface area contributed by atoms with Crippen molar-refractivity contribution in [3.63, 3.8) is 0 Å². The summed E-state index contributed by atoms with van der Waals surface area (Å²) in [7, 11) is 2.18. The molecule has 118 valence electrons. The van der Waals surface area contributed by atoms with Crippen LogP contribution in [0.1, 0.15) is 30.5 Å². The van der Waals surface area contributed by atoms with Crippen molar-refractivity contribution in [3.05, 3.63) is 71.4 Å².